The van der Waals surface area contributed by atoms with Crippen molar-refractivity contribution in [2.24, 2.45) is 0 Å². The number of likely N-dealkylation sites (N-methyl/N-ethyl adjacent to an activating group) is 1. The predicted molar refractivity (Wildman–Crippen MR) is 108 cm³/mol. The number of para-hydroxylation sites is 1. The zero-order chi connectivity index (χ0) is 19.7. The van der Waals surface area contributed by atoms with Crippen molar-refractivity contribution in [1.29, 1.82) is 0 Å². The highest BCUT2D eigenvalue weighted by Crippen LogP contribution is 2.26. The molecule has 0 fully saturated rings. The molecule has 1 aliphatic rings. The molecule has 0 aliphatic carbocycles. The Kier molecular flexibility index (Phi) is 4.69. The fourth-order valence-electron chi connectivity index (χ4n) is 3.33. The number of fused-ring (bicyclic) bond motifs is 2. The zero-order valence-electron chi connectivity index (χ0n) is 15.9. The number of aryl methyl sites for hydroxylation is 1. The van der Waals surface area contributed by atoms with Gasteiger partial charge in [0.2, 0.25) is 5.91 Å². The number of pyridine rings is 1. The number of rotatable bonds is 4. The molecule has 0 bridgehead atoms. The third-order valence-corrected chi connectivity index (χ3v) is 4.95. The number of benzene rings is 1. The maximum atomic E-state index is 12.5. The van der Waals surface area contributed by atoms with Crippen molar-refractivity contribution >= 4 is 34.6 Å². The Morgan fingerprint density at radius 3 is 3.00 bits per heavy atom. The molecule has 3 heterocycles. The molecule has 0 saturated carbocycles. The number of carbonyl (C=O) groups is 2. The Morgan fingerprint density at radius 2 is 2.18 bits per heavy atom. The topological polar surface area (TPSA) is 75.4 Å². The summed E-state index contributed by atoms with van der Waals surface area (Å²) in [5.74, 6) is 1.52. The van der Waals surface area contributed by atoms with Gasteiger partial charge < -0.3 is 14.6 Å². The van der Waals surface area contributed by atoms with Crippen LogP contribution < -0.4 is 5.32 Å². The van der Waals surface area contributed by atoms with Crippen LogP contribution in [-0.4, -0.2) is 35.2 Å². The summed E-state index contributed by atoms with van der Waals surface area (Å²) >= 11 is 0. The zero-order valence-corrected chi connectivity index (χ0v) is 15.9. The Balaban J connectivity index is 1.46. The van der Waals surface area contributed by atoms with Crippen LogP contribution in [-0.2, 0) is 22.6 Å². The largest absolute Gasteiger partial charge is 0.459 e. The Hall–Kier alpha value is -3.41. The minimum Gasteiger partial charge on any atom is -0.459 e. The fourth-order valence-corrected chi connectivity index (χ4v) is 3.33. The monoisotopic (exact) mass is 375 g/mol. The van der Waals surface area contributed by atoms with E-state index >= 15 is 0 Å². The van der Waals surface area contributed by atoms with E-state index in [2.05, 4.69) is 10.3 Å². The first-order valence-corrected chi connectivity index (χ1v) is 9.16. The SMILES string of the molecule is Cc1c(CN(C)C(=O)/C=C/c2cnc3c(c2)CC(=O)CN3)oc2ccccc12. The third kappa shape index (κ3) is 3.53. The highest BCUT2D eigenvalue weighted by atomic mass is 16.3. The molecule has 142 valence electrons. The Labute approximate surface area is 162 Å². The van der Waals surface area contributed by atoms with Gasteiger partial charge in [-0.2, -0.15) is 0 Å². The van der Waals surface area contributed by atoms with Gasteiger partial charge in [0.05, 0.1) is 13.1 Å². The van der Waals surface area contributed by atoms with Gasteiger partial charge in [-0.1, -0.05) is 18.2 Å². The van der Waals surface area contributed by atoms with Crippen LogP contribution in [0.25, 0.3) is 17.0 Å². The lowest BCUT2D eigenvalue weighted by molar-refractivity contribution is -0.125. The molecule has 28 heavy (non-hydrogen) atoms. The molecule has 0 radical (unpaired) electrons. The number of aromatic nitrogens is 1. The molecule has 0 atom stereocenters. The van der Waals surface area contributed by atoms with Crippen LogP contribution in [0, 0.1) is 6.92 Å². The number of anilines is 1. The number of furan rings is 1. The molecule has 4 rings (SSSR count). The Morgan fingerprint density at radius 1 is 1.36 bits per heavy atom. The van der Waals surface area contributed by atoms with Crippen LogP contribution >= 0.6 is 0 Å². The molecule has 1 amide bonds. The minimum atomic E-state index is -0.133. The second kappa shape index (κ2) is 7.31. The van der Waals surface area contributed by atoms with Gasteiger partial charge in [-0.25, -0.2) is 4.98 Å². The van der Waals surface area contributed by atoms with Gasteiger partial charge in [0.15, 0.2) is 5.78 Å². The number of carbonyl (C=O) groups excluding carboxylic acids is 2. The summed E-state index contributed by atoms with van der Waals surface area (Å²) in [6, 6.07) is 9.74. The van der Waals surface area contributed by atoms with Gasteiger partial charge in [0.1, 0.15) is 17.2 Å². The predicted octanol–water partition coefficient (Wildman–Crippen LogP) is 3.35. The van der Waals surface area contributed by atoms with E-state index in [1.165, 1.54) is 6.08 Å². The number of hydrogen-bond acceptors (Lipinski definition) is 5. The number of ketones is 1. The highest BCUT2D eigenvalue weighted by Gasteiger charge is 2.16. The van der Waals surface area contributed by atoms with Crippen molar-refractivity contribution in [2.75, 3.05) is 18.9 Å². The van der Waals surface area contributed by atoms with E-state index < -0.39 is 0 Å². The lowest BCUT2D eigenvalue weighted by Gasteiger charge is -2.16. The van der Waals surface area contributed by atoms with E-state index in [4.69, 9.17) is 4.42 Å². The molecule has 0 saturated heterocycles. The minimum absolute atomic E-state index is 0.132. The van der Waals surface area contributed by atoms with E-state index in [1.807, 2.05) is 37.3 Å². The second-order valence-corrected chi connectivity index (χ2v) is 7.02. The smallest absolute Gasteiger partial charge is 0.246 e. The number of amides is 1. The number of nitrogens with zero attached hydrogens (tertiary/aromatic N) is 2. The molecule has 3 aromatic rings. The number of hydrogen-bond donors (Lipinski definition) is 1. The van der Waals surface area contributed by atoms with Crippen molar-refractivity contribution in [3.8, 4) is 0 Å². The normalized spacial score (nSPS) is 13.6. The molecule has 6 nitrogen and oxygen atoms in total. The van der Waals surface area contributed by atoms with E-state index in [0.29, 0.717) is 19.5 Å². The van der Waals surface area contributed by atoms with E-state index in [0.717, 1.165) is 39.2 Å². The molecule has 1 aromatic carbocycles. The number of Topliss-reactive ketones (excluding diaryl/α,β-unsaturated/α-hetero) is 1. The molecular weight excluding hydrogens is 354 g/mol. The van der Waals surface area contributed by atoms with Crippen molar-refractivity contribution in [2.45, 2.75) is 19.9 Å². The summed E-state index contributed by atoms with van der Waals surface area (Å²) in [5.41, 5.74) is 3.53. The second-order valence-electron chi connectivity index (χ2n) is 7.02. The first kappa shape index (κ1) is 18.0. The summed E-state index contributed by atoms with van der Waals surface area (Å²) < 4.78 is 5.89. The average molecular weight is 375 g/mol. The molecular formula is C22H21N3O3. The Bertz CT molecular complexity index is 1100. The fraction of sp³-hybridized carbons (Fsp3) is 0.227. The van der Waals surface area contributed by atoms with E-state index in [9.17, 15) is 9.59 Å². The molecule has 0 unspecified atom stereocenters. The first-order valence-electron chi connectivity index (χ1n) is 9.16. The quantitative estimate of drug-likeness (QED) is 0.708. The molecule has 1 N–H and O–H groups in total. The van der Waals surface area contributed by atoms with Crippen LogP contribution in [0.15, 0.2) is 47.0 Å². The van der Waals surface area contributed by atoms with Crippen molar-refractivity contribution in [1.82, 2.24) is 9.88 Å². The van der Waals surface area contributed by atoms with Crippen LogP contribution in [0.4, 0.5) is 5.82 Å². The van der Waals surface area contributed by atoms with Gasteiger partial charge in [0, 0.05) is 42.3 Å². The van der Waals surface area contributed by atoms with Gasteiger partial charge >= 0.3 is 0 Å². The molecule has 1 aliphatic heterocycles. The maximum Gasteiger partial charge on any atom is 0.246 e. The standard InChI is InChI=1S/C22H21N3O3/c1-14-18-5-3-4-6-19(18)28-20(14)13-25(2)21(27)8-7-15-9-16-10-17(26)12-24-22(16)23-11-15/h3-9,11H,10,12-13H2,1-2H3,(H,23,24)/b8-7+. The summed E-state index contributed by atoms with van der Waals surface area (Å²) in [5, 5.41) is 4.06. The first-order chi connectivity index (χ1) is 13.5. The highest BCUT2D eigenvalue weighted by molar-refractivity contribution is 5.92. The summed E-state index contributed by atoms with van der Waals surface area (Å²) in [6.07, 6.45) is 5.29. The molecule has 0 spiro atoms. The van der Waals surface area contributed by atoms with Crippen LogP contribution in [0.1, 0.15) is 22.5 Å². The van der Waals surface area contributed by atoms with Gasteiger partial charge in [-0.3, -0.25) is 9.59 Å². The molecule has 2 aromatic heterocycles. The third-order valence-electron chi connectivity index (χ3n) is 4.95. The van der Waals surface area contributed by atoms with Crippen molar-refractivity contribution in [3.63, 3.8) is 0 Å². The van der Waals surface area contributed by atoms with Crippen LogP contribution in [0.5, 0.6) is 0 Å². The summed E-state index contributed by atoms with van der Waals surface area (Å²) in [6.45, 7) is 2.72. The van der Waals surface area contributed by atoms with Crippen LogP contribution in [0.2, 0.25) is 0 Å². The molecule has 6 heteroatoms. The van der Waals surface area contributed by atoms with Crippen molar-refractivity contribution < 1.29 is 14.0 Å². The average Bonchev–Trinajstić information content (AvgIpc) is 3.01. The van der Waals surface area contributed by atoms with E-state index in [-0.39, 0.29) is 11.7 Å². The number of nitrogens with one attached hydrogen (secondary N) is 1. The van der Waals surface area contributed by atoms with Crippen molar-refractivity contribution in [3.05, 3.63) is 65.1 Å². The maximum absolute atomic E-state index is 12.5. The van der Waals surface area contributed by atoms with Gasteiger partial charge in [0.25, 0.3) is 0 Å². The van der Waals surface area contributed by atoms with E-state index in [1.54, 1.807) is 24.2 Å². The lowest BCUT2D eigenvalue weighted by Crippen LogP contribution is -2.24. The van der Waals surface area contributed by atoms with Crippen LogP contribution in [0.3, 0.4) is 0 Å². The van der Waals surface area contributed by atoms with Gasteiger partial charge in [-0.15, -0.1) is 0 Å². The lowest BCUT2D eigenvalue weighted by atomic mass is 10.0. The van der Waals surface area contributed by atoms with Gasteiger partial charge in [-0.05, 0) is 30.7 Å². The summed E-state index contributed by atoms with van der Waals surface area (Å²) in [4.78, 5) is 30.0. The summed E-state index contributed by atoms with van der Waals surface area (Å²) in [7, 11) is 1.74.